The van der Waals surface area contributed by atoms with E-state index in [4.69, 9.17) is 19.5 Å². The SMILES string of the molecule is CCOP(C)(=O)OC[C@H]1O[C@@H](n2cnc3c(N)nc(C)nc32)[C@@](C)(CO)C1O. The molecule has 4 N–H and O–H groups in total. The Morgan fingerprint density at radius 3 is 2.79 bits per heavy atom. The van der Waals surface area contributed by atoms with Gasteiger partial charge in [0.25, 0.3) is 0 Å². The van der Waals surface area contributed by atoms with Crippen molar-refractivity contribution in [3.8, 4) is 0 Å². The molecular weight excluding hydrogens is 389 g/mol. The van der Waals surface area contributed by atoms with Gasteiger partial charge in [0.05, 0.1) is 37.7 Å². The number of hydrogen-bond donors (Lipinski definition) is 3. The highest BCUT2D eigenvalue weighted by Gasteiger charge is 2.54. The number of nitrogens with two attached hydrogens (primary N) is 1. The molecule has 0 spiro atoms. The number of hydrogen-bond acceptors (Lipinski definition) is 10. The largest absolute Gasteiger partial charge is 0.396 e. The molecule has 12 heteroatoms. The highest BCUT2D eigenvalue weighted by atomic mass is 31.2. The van der Waals surface area contributed by atoms with E-state index in [1.54, 1.807) is 25.3 Å². The molecule has 0 saturated carbocycles. The third-order valence-electron chi connectivity index (χ3n) is 4.89. The maximum Gasteiger partial charge on any atom is 0.327 e. The number of aromatic nitrogens is 4. The predicted molar refractivity (Wildman–Crippen MR) is 101 cm³/mol. The van der Waals surface area contributed by atoms with Gasteiger partial charge >= 0.3 is 7.60 Å². The van der Waals surface area contributed by atoms with Crippen LogP contribution in [0.4, 0.5) is 5.82 Å². The van der Waals surface area contributed by atoms with E-state index in [-0.39, 0.29) is 25.6 Å². The van der Waals surface area contributed by atoms with E-state index in [1.807, 2.05) is 0 Å². The second kappa shape index (κ2) is 7.66. The second-order valence-electron chi connectivity index (χ2n) is 7.10. The Hall–Kier alpha value is -1.62. The van der Waals surface area contributed by atoms with Gasteiger partial charge in [-0.05, 0) is 13.8 Å². The highest BCUT2D eigenvalue weighted by molar-refractivity contribution is 7.52. The summed E-state index contributed by atoms with van der Waals surface area (Å²) in [6.07, 6.45) is -1.26. The Bertz CT molecular complexity index is 907. The quantitative estimate of drug-likeness (QED) is 0.554. The van der Waals surface area contributed by atoms with E-state index in [9.17, 15) is 14.8 Å². The van der Waals surface area contributed by atoms with Crippen LogP contribution in [0.15, 0.2) is 6.33 Å². The van der Waals surface area contributed by atoms with Crippen LogP contribution in [0.5, 0.6) is 0 Å². The van der Waals surface area contributed by atoms with Crippen molar-refractivity contribution in [2.45, 2.75) is 39.2 Å². The van der Waals surface area contributed by atoms with Crippen LogP contribution in [0.1, 0.15) is 25.9 Å². The molecule has 0 aromatic carbocycles. The lowest BCUT2D eigenvalue weighted by molar-refractivity contribution is -0.0580. The molecule has 0 amide bonds. The first kappa shape index (κ1) is 21.1. The maximum atomic E-state index is 12.2. The summed E-state index contributed by atoms with van der Waals surface area (Å²) in [5, 5.41) is 20.8. The Morgan fingerprint density at radius 1 is 1.43 bits per heavy atom. The Balaban J connectivity index is 1.92. The molecule has 0 aliphatic carbocycles. The molecule has 1 aliphatic rings. The van der Waals surface area contributed by atoms with E-state index in [2.05, 4.69) is 15.0 Å². The van der Waals surface area contributed by atoms with E-state index >= 15 is 0 Å². The van der Waals surface area contributed by atoms with Crippen LogP contribution in [0.25, 0.3) is 11.2 Å². The zero-order chi connectivity index (χ0) is 20.7. The monoisotopic (exact) mass is 415 g/mol. The average molecular weight is 415 g/mol. The van der Waals surface area contributed by atoms with Crippen LogP contribution in [0, 0.1) is 12.3 Å². The number of ether oxygens (including phenoxy) is 1. The zero-order valence-corrected chi connectivity index (χ0v) is 17.2. The topological polar surface area (TPSA) is 155 Å². The minimum atomic E-state index is -3.26. The van der Waals surface area contributed by atoms with Gasteiger partial charge in [-0.3, -0.25) is 9.13 Å². The molecule has 1 aliphatic heterocycles. The lowest BCUT2D eigenvalue weighted by Crippen LogP contribution is -2.41. The third kappa shape index (κ3) is 3.66. The molecule has 1 fully saturated rings. The molecule has 1 saturated heterocycles. The van der Waals surface area contributed by atoms with Gasteiger partial charge < -0.3 is 29.7 Å². The van der Waals surface area contributed by atoms with Gasteiger partial charge in [0.2, 0.25) is 0 Å². The van der Waals surface area contributed by atoms with Crippen molar-refractivity contribution in [1.82, 2.24) is 19.5 Å². The summed E-state index contributed by atoms with van der Waals surface area (Å²) in [6, 6.07) is 0. The van der Waals surface area contributed by atoms with E-state index in [1.165, 1.54) is 13.0 Å². The molecule has 2 aromatic rings. The van der Waals surface area contributed by atoms with Crippen LogP contribution in [-0.4, -0.2) is 68.4 Å². The van der Waals surface area contributed by atoms with Crippen molar-refractivity contribution < 1.29 is 28.6 Å². The molecule has 156 valence electrons. The zero-order valence-electron chi connectivity index (χ0n) is 16.3. The summed E-state index contributed by atoms with van der Waals surface area (Å²) in [7, 11) is -3.26. The van der Waals surface area contributed by atoms with Crippen LogP contribution >= 0.6 is 7.60 Å². The fraction of sp³-hybridized carbons (Fsp3) is 0.688. The van der Waals surface area contributed by atoms with Gasteiger partial charge in [0, 0.05) is 6.66 Å². The van der Waals surface area contributed by atoms with E-state index in [0.717, 1.165) is 0 Å². The number of anilines is 1. The van der Waals surface area contributed by atoms with E-state index < -0.39 is 31.4 Å². The Kier molecular flexibility index (Phi) is 5.77. The minimum Gasteiger partial charge on any atom is -0.396 e. The van der Waals surface area contributed by atoms with Gasteiger partial charge in [0.15, 0.2) is 11.5 Å². The van der Waals surface area contributed by atoms with Crippen molar-refractivity contribution in [3.63, 3.8) is 0 Å². The minimum absolute atomic E-state index is 0.163. The molecule has 2 aromatic heterocycles. The number of imidazole rings is 1. The molecule has 28 heavy (non-hydrogen) atoms. The molecule has 0 bridgehead atoms. The number of fused-ring (bicyclic) bond motifs is 1. The standard InChI is InChI=1S/C16H26N5O6P/c1-5-25-28(4,24)26-6-10-12(23)16(3,7-22)15(27-10)21-8-18-11-13(17)19-9(2)20-14(11)21/h8,10,12,15,22-23H,5-7H2,1-4H3,(H2,17,19,20)/t10-,12?,15-,16+,28?/m1/s1. The van der Waals surface area contributed by atoms with E-state index in [0.29, 0.717) is 17.0 Å². The fourth-order valence-corrected chi connectivity index (χ4v) is 4.32. The van der Waals surface area contributed by atoms with Gasteiger partial charge in [-0.25, -0.2) is 15.0 Å². The summed E-state index contributed by atoms with van der Waals surface area (Å²) in [4.78, 5) is 12.7. The number of rotatable bonds is 7. The highest BCUT2D eigenvalue weighted by Crippen LogP contribution is 2.49. The van der Waals surface area contributed by atoms with Crippen LogP contribution < -0.4 is 5.73 Å². The molecular formula is C16H26N5O6P. The third-order valence-corrected chi connectivity index (χ3v) is 6.23. The second-order valence-corrected chi connectivity index (χ2v) is 9.16. The Morgan fingerprint density at radius 2 is 2.14 bits per heavy atom. The normalized spacial score (nSPS) is 30.0. The number of aliphatic hydroxyl groups excluding tert-OH is 2. The summed E-state index contributed by atoms with van der Waals surface area (Å²) < 4.78 is 30.2. The van der Waals surface area contributed by atoms with Crippen LogP contribution in [0.2, 0.25) is 0 Å². The Labute approximate surface area is 162 Å². The van der Waals surface area contributed by atoms with Crippen LogP contribution in [0.3, 0.4) is 0 Å². The number of nitrogen functional groups attached to an aromatic ring is 1. The van der Waals surface area contributed by atoms with Crippen molar-refractivity contribution in [1.29, 1.82) is 0 Å². The first-order valence-electron chi connectivity index (χ1n) is 8.90. The van der Waals surface area contributed by atoms with Crippen molar-refractivity contribution in [2.75, 3.05) is 32.2 Å². The number of nitrogens with zero attached hydrogens (tertiary/aromatic N) is 4. The number of aryl methyl sites for hydroxylation is 1. The summed E-state index contributed by atoms with van der Waals surface area (Å²) in [5.74, 6) is 0.688. The van der Waals surface area contributed by atoms with Gasteiger partial charge in [-0.2, -0.15) is 0 Å². The maximum absolute atomic E-state index is 12.2. The molecule has 3 rings (SSSR count). The summed E-state index contributed by atoms with van der Waals surface area (Å²) in [6.45, 7) is 6.14. The van der Waals surface area contributed by atoms with Crippen LogP contribution in [-0.2, 0) is 18.3 Å². The molecule has 3 heterocycles. The summed E-state index contributed by atoms with van der Waals surface area (Å²) >= 11 is 0. The van der Waals surface area contributed by atoms with Gasteiger partial charge in [0.1, 0.15) is 23.7 Å². The molecule has 11 nitrogen and oxygen atoms in total. The lowest BCUT2D eigenvalue weighted by Gasteiger charge is -2.31. The molecule has 0 radical (unpaired) electrons. The van der Waals surface area contributed by atoms with Crippen molar-refractivity contribution >= 4 is 24.6 Å². The first-order chi connectivity index (χ1) is 13.1. The molecule has 5 atom stereocenters. The van der Waals surface area contributed by atoms with Gasteiger partial charge in [-0.1, -0.05) is 6.92 Å². The lowest BCUT2D eigenvalue weighted by atomic mass is 9.83. The molecule has 2 unspecified atom stereocenters. The predicted octanol–water partition coefficient (Wildman–Crippen LogP) is 0.850. The fourth-order valence-electron chi connectivity index (χ4n) is 3.36. The van der Waals surface area contributed by atoms with Gasteiger partial charge in [-0.15, -0.1) is 0 Å². The first-order valence-corrected chi connectivity index (χ1v) is 10.9. The average Bonchev–Trinajstić information content (AvgIpc) is 3.14. The van der Waals surface area contributed by atoms with Crippen molar-refractivity contribution in [3.05, 3.63) is 12.2 Å². The smallest absolute Gasteiger partial charge is 0.327 e. The van der Waals surface area contributed by atoms with Crippen molar-refractivity contribution in [2.24, 2.45) is 5.41 Å². The number of aliphatic hydroxyl groups is 2. The summed E-state index contributed by atoms with van der Waals surface area (Å²) in [5.41, 5.74) is 5.66.